The second kappa shape index (κ2) is 8.64. The van der Waals surface area contributed by atoms with Gasteiger partial charge in [0.2, 0.25) is 0 Å². The SMILES string of the molecule is FC(F)(F)c1ccc(CN=Cc2ccc(CNc3ccc(C(F)(F)F)cc3)o2)cc1. The molecule has 0 aliphatic heterocycles. The van der Waals surface area contributed by atoms with Gasteiger partial charge in [-0.05, 0) is 54.1 Å². The monoisotopic (exact) mass is 426 g/mol. The fourth-order valence-corrected chi connectivity index (χ4v) is 2.57. The van der Waals surface area contributed by atoms with E-state index >= 15 is 0 Å². The minimum Gasteiger partial charge on any atom is -0.458 e. The van der Waals surface area contributed by atoms with Crippen molar-refractivity contribution in [3.8, 4) is 0 Å². The number of anilines is 1. The van der Waals surface area contributed by atoms with E-state index in [0.29, 0.717) is 22.8 Å². The molecule has 0 saturated carbocycles. The predicted molar refractivity (Wildman–Crippen MR) is 100 cm³/mol. The lowest BCUT2D eigenvalue weighted by molar-refractivity contribution is -0.138. The van der Waals surface area contributed by atoms with E-state index in [1.165, 1.54) is 30.5 Å². The van der Waals surface area contributed by atoms with Gasteiger partial charge < -0.3 is 9.73 Å². The lowest BCUT2D eigenvalue weighted by atomic mass is 10.1. The van der Waals surface area contributed by atoms with Gasteiger partial charge in [-0.3, -0.25) is 4.99 Å². The number of rotatable bonds is 6. The summed E-state index contributed by atoms with van der Waals surface area (Å²) in [6.07, 6.45) is -7.30. The van der Waals surface area contributed by atoms with Crippen LogP contribution in [0.25, 0.3) is 0 Å². The van der Waals surface area contributed by atoms with Gasteiger partial charge >= 0.3 is 12.4 Å². The molecule has 0 aliphatic carbocycles. The molecule has 3 nitrogen and oxygen atoms in total. The molecular formula is C21H16F6N2O. The van der Waals surface area contributed by atoms with Crippen molar-refractivity contribution in [1.29, 1.82) is 0 Å². The van der Waals surface area contributed by atoms with Crippen LogP contribution in [0, 0.1) is 0 Å². The van der Waals surface area contributed by atoms with E-state index in [1.54, 1.807) is 12.1 Å². The highest BCUT2D eigenvalue weighted by atomic mass is 19.4. The molecule has 0 amide bonds. The zero-order chi connectivity index (χ0) is 21.8. The standard InChI is InChI=1S/C21H16F6N2O/c22-20(23,24)15-3-1-14(2-4-15)11-28-12-18-9-10-19(30-18)13-29-17-7-5-16(6-8-17)21(25,26)27/h1-10,12,29H,11,13H2. The third kappa shape index (κ3) is 5.88. The van der Waals surface area contributed by atoms with Crippen molar-refractivity contribution in [2.45, 2.75) is 25.4 Å². The Balaban J connectivity index is 1.51. The smallest absolute Gasteiger partial charge is 0.416 e. The highest BCUT2D eigenvalue weighted by Gasteiger charge is 2.30. The number of benzene rings is 2. The predicted octanol–water partition coefficient (Wildman–Crippen LogP) is 6.55. The van der Waals surface area contributed by atoms with E-state index in [-0.39, 0.29) is 13.1 Å². The zero-order valence-electron chi connectivity index (χ0n) is 15.4. The number of nitrogens with zero attached hydrogens (tertiary/aromatic N) is 1. The molecule has 30 heavy (non-hydrogen) atoms. The number of aliphatic imine (C=N–C) groups is 1. The van der Waals surface area contributed by atoms with Crippen molar-refractivity contribution < 1.29 is 30.8 Å². The van der Waals surface area contributed by atoms with Crippen LogP contribution >= 0.6 is 0 Å². The molecule has 1 N–H and O–H groups in total. The Kier molecular flexibility index (Phi) is 6.19. The van der Waals surface area contributed by atoms with Gasteiger partial charge in [0.25, 0.3) is 0 Å². The molecular weight excluding hydrogens is 410 g/mol. The van der Waals surface area contributed by atoms with E-state index in [0.717, 1.165) is 24.3 Å². The first-order valence-electron chi connectivity index (χ1n) is 8.77. The van der Waals surface area contributed by atoms with Gasteiger partial charge in [-0.15, -0.1) is 0 Å². The molecule has 0 atom stereocenters. The first-order valence-corrected chi connectivity index (χ1v) is 8.77. The van der Waals surface area contributed by atoms with Gasteiger partial charge in [0, 0.05) is 5.69 Å². The van der Waals surface area contributed by atoms with Crippen LogP contribution in [-0.2, 0) is 25.4 Å². The molecule has 0 saturated heterocycles. The number of furan rings is 1. The van der Waals surface area contributed by atoms with Crippen molar-refractivity contribution in [1.82, 2.24) is 0 Å². The Morgan fingerprint density at radius 2 is 1.33 bits per heavy atom. The van der Waals surface area contributed by atoms with Crippen molar-refractivity contribution >= 4 is 11.9 Å². The van der Waals surface area contributed by atoms with Gasteiger partial charge in [-0.2, -0.15) is 26.3 Å². The average molecular weight is 426 g/mol. The van der Waals surface area contributed by atoms with E-state index in [4.69, 9.17) is 4.42 Å². The minimum atomic E-state index is -4.38. The van der Waals surface area contributed by atoms with Gasteiger partial charge in [0.05, 0.1) is 30.4 Å². The van der Waals surface area contributed by atoms with Crippen LogP contribution in [0.5, 0.6) is 0 Å². The normalized spacial score (nSPS) is 12.5. The quantitative estimate of drug-likeness (QED) is 0.359. The molecule has 3 aromatic rings. The van der Waals surface area contributed by atoms with Gasteiger partial charge in [-0.1, -0.05) is 12.1 Å². The van der Waals surface area contributed by atoms with Crippen LogP contribution in [0.4, 0.5) is 32.0 Å². The second-order valence-corrected chi connectivity index (χ2v) is 6.40. The van der Waals surface area contributed by atoms with Crippen LogP contribution in [0.1, 0.15) is 28.2 Å². The molecule has 9 heteroatoms. The number of hydrogen-bond donors (Lipinski definition) is 1. The maximum atomic E-state index is 12.6. The van der Waals surface area contributed by atoms with Gasteiger partial charge in [0.15, 0.2) is 0 Å². The molecule has 0 aliphatic rings. The number of hydrogen-bond acceptors (Lipinski definition) is 3. The summed E-state index contributed by atoms with van der Waals surface area (Å²) in [5.41, 5.74) is -0.309. The van der Waals surface area contributed by atoms with Crippen LogP contribution in [-0.4, -0.2) is 6.21 Å². The van der Waals surface area contributed by atoms with Crippen molar-refractivity contribution in [2.75, 3.05) is 5.32 Å². The molecule has 3 rings (SSSR count). The summed E-state index contributed by atoms with van der Waals surface area (Å²) in [5.74, 6) is 0.997. The third-order valence-corrected chi connectivity index (χ3v) is 4.14. The Hall–Kier alpha value is -3.23. The van der Waals surface area contributed by atoms with Gasteiger partial charge in [0.1, 0.15) is 11.5 Å². The maximum absolute atomic E-state index is 12.6. The molecule has 0 unspecified atom stereocenters. The van der Waals surface area contributed by atoms with Crippen LogP contribution in [0.3, 0.4) is 0 Å². The minimum absolute atomic E-state index is 0.192. The van der Waals surface area contributed by atoms with E-state index < -0.39 is 23.5 Å². The van der Waals surface area contributed by atoms with Crippen LogP contribution in [0.2, 0.25) is 0 Å². The Bertz CT molecular complexity index is 986. The third-order valence-electron chi connectivity index (χ3n) is 4.14. The number of alkyl halides is 6. The Morgan fingerprint density at radius 3 is 1.90 bits per heavy atom. The molecule has 0 bridgehead atoms. The molecule has 158 valence electrons. The summed E-state index contributed by atoms with van der Waals surface area (Å²) < 4.78 is 80.8. The summed E-state index contributed by atoms with van der Waals surface area (Å²) in [6, 6.07) is 12.7. The van der Waals surface area contributed by atoms with E-state index in [2.05, 4.69) is 10.3 Å². The van der Waals surface area contributed by atoms with Crippen LogP contribution in [0.15, 0.2) is 70.1 Å². The fraction of sp³-hybridized carbons (Fsp3) is 0.190. The Labute approximate surface area is 168 Å². The van der Waals surface area contributed by atoms with Crippen molar-refractivity contribution in [3.05, 3.63) is 88.9 Å². The van der Waals surface area contributed by atoms with Crippen LogP contribution < -0.4 is 5.32 Å². The highest BCUT2D eigenvalue weighted by molar-refractivity contribution is 5.75. The summed E-state index contributed by atoms with van der Waals surface area (Å²) in [5, 5.41) is 2.95. The maximum Gasteiger partial charge on any atom is 0.416 e. The second-order valence-electron chi connectivity index (χ2n) is 6.40. The molecule has 1 heterocycles. The van der Waals surface area contributed by atoms with Crippen molar-refractivity contribution in [3.63, 3.8) is 0 Å². The summed E-state index contributed by atoms with van der Waals surface area (Å²) in [7, 11) is 0. The fourth-order valence-electron chi connectivity index (χ4n) is 2.57. The Morgan fingerprint density at radius 1 is 0.767 bits per heavy atom. The summed E-state index contributed by atoms with van der Waals surface area (Å²) in [6.45, 7) is 0.454. The topological polar surface area (TPSA) is 37.5 Å². The summed E-state index contributed by atoms with van der Waals surface area (Å²) in [4.78, 5) is 4.14. The number of halogens is 6. The highest BCUT2D eigenvalue weighted by Crippen LogP contribution is 2.30. The van der Waals surface area contributed by atoms with Gasteiger partial charge in [-0.25, -0.2) is 0 Å². The summed E-state index contributed by atoms with van der Waals surface area (Å²) >= 11 is 0. The largest absolute Gasteiger partial charge is 0.458 e. The molecule has 2 aromatic carbocycles. The first kappa shape index (κ1) is 21.5. The lowest BCUT2D eigenvalue weighted by Crippen LogP contribution is -2.05. The van der Waals surface area contributed by atoms with E-state index in [1.807, 2.05) is 0 Å². The average Bonchev–Trinajstić information content (AvgIpc) is 3.13. The number of nitrogens with one attached hydrogen (secondary N) is 1. The molecule has 0 radical (unpaired) electrons. The first-order chi connectivity index (χ1) is 14.1. The zero-order valence-corrected chi connectivity index (χ0v) is 15.4. The molecule has 0 spiro atoms. The lowest BCUT2D eigenvalue weighted by Gasteiger charge is -2.08. The molecule has 1 aromatic heterocycles. The van der Waals surface area contributed by atoms with Crippen molar-refractivity contribution in [2.24, 2.45) is 4.99 Å². The van der Waals surface area contributed by atoms with E-state index in [9.17, 15) is 26.3 Å². The molecule has 0 fully saturated rings.